The highest BCUT2D eigenvalue weighted by Gasteiger charge is 2.13. The third-order valence-electron chi connectivity index (χ3n) is 2.90. The molecule has 1 N–H and O–H groups in total. The molecule has 1 aromatic carbocycles. The first kappa shape index (κ1) is 14.0. The van der Waals surface area contributed by atoms with Gasteiger partial charge in [-0.3, -0.25) is 4.79 Å². The molecule has 0 aliphatic carbocycles. The zero-order valence-corrected chi connectivity index (χ0v) is 13.1. The number of rotatable bonds is 4. The minimum Gasteiger partial charge on any atom is -0.454 e. The van der Waals surface area contributed by atoms with Crippen molar-refractivity contribution in [3.63, 3.8) is 0 Å². The van der Waals surface area contributed by atoms with Gasteiger partial charge in [0, 0.05) is 12.6 Å². The number of carbonyl (C=O) groups excluding carboxylic acids is 1. The van der Waals surface area contributed by atoms with Gasteiger partial charge in [0.05, 0.1) is 0 Å². The van der Waals surface area contributed by atoms with Crippen molar-refractivity contribution in [2.24, 2.45) is 0 Å². The molecule has 0 bridgehead atoms. The van der Waals surface area contributed by atoms with E-state index >= 15 is 0 Å². The maximum absolute atomic E-state index is 11.7. The quantitative estimate of drug-likeness (QED) is 0.637. The van der Waals surface area contributed by atoms with Crippen LogP contribution in [0.3, 0.4) is 0 Å². The molecule has 0 fully saturated rings. The second-order valence-corrected chi connectivity index (χ2v) is 5.44. The molecule has 1 amide bonds. The number of halogens is 1. The zero-order chi connectivity index (χ0) is 14.7. The van der Waals surface area contributed by atoms with Gasteiger partial charge in [0.1, 0.15) is 5.76 Å². The van der Waals surface area contributed by atoms with Crippen LogP contribution in [0, 0.1) is 3.77 Å². The molecule has 0 radical (unpaired) electrons. The normalized spacial score (nSPS) is 12.8. The molecular weight excluding hydrogens is 385 g/mol. The summed E-state index contributed by atoms with van der Waals surface area (Å²) < 4.78 is 16.7. The lowest BCUT2D eigenvalue weighted by atomic mass is 10.2. The largest absolute Gasteiger partial charge is 0.454 e. The highest BCUT2D eigenvalue weighted by atomic mass is 127. The Hall–Kier alpha value is -1.96. The Morgan fingerprint density at radius 2 is 2.10 bits per heavy atom. The van der Waals surface area contributed by atoms with Crippen LogP contribution in [-0.4, -0.2) is 12.7 Å². The fraction of sp³-hybridized carbons (Fsp3) is 0.133. The van der Waals surface area contributed by atoms with E-state index < -0.39 is 0 Å². The van der Waals surface area contributed by atoms with Gasteiger partial charge in [-0.05, 0) is 58.5 Å². The van der Waals surface area contributed by atoms with Gasteiger partial charge in [-0.1, -0.05) is 6.07 Å². The molecule has 1 aliphatic rings. The first-order chi connectivity index (χ1) is 10.2. The lowest BCUT2D eigenvalue weighted by Gasteiger charge is -2.03. The summed E-state index contributed by atoms with van der Waals surface area (Å²) in [5, 5.41) is 2.80. The minimum absolute atomic E-state index is 0.181. The maximum atomic E-state index is 11.7. The number of amides is 1. The Balaban J connectivity index is 1.55. The Morgan fingerprint density at radius 3 is 2.90 bits per heavy atom. The number of benzene rings is 1. The van der Waals surface area contributed by atoms with Gasteiger partial charge in [0.15, 0.2) is 15.3 Å². The molecule has 0 unspecified atom stereocenters. The van der Waals surface area contributed by atoms with E-state index in [9.17, 15) is 4.79 Å². The molecule has 2 heterocycles. The summed E-state index contributed by atoms with van der Waals surface area (Å²) in [4.78, 5) is 11.7. The summed E-state index contributed by atoms with van der Waals surface area (Å²) in [5.74, 6) is 1.91. The zero-order valence-electron chi connectivity index (χ0n) is 11.0. The second kappa shape index (κ2) is 6.21. The molecular formula is C15H12INO4. The van der Waals surface area contributed by atoms with E-state index in [2.05, 4.69) is 27.9 Å². The molecule has 0 spiro atoms. The van der Waals surface area contributed by atoms with Gasteiger partial charge < -0.3 is 19.2 Å². The molecule has 0 saturated heterocycles. The average molecular weight is 397 g/mol. The van der Waals surface area contributed by atoms with E-state index in [1.165, 1.54) is 6.08 Å². The highest BCUT2D eigenvalue weighted by molar-refractivity contribution is 14.1. The van der Waals surface area contributed by atoms with Crippen LogP contribution in [0.15, 0.2) is 40.8 Å². The van der Waals surface area contributed by atoms with Crippen molar-refractivity contribution < 1.29 is 18.7 Å². The van der Waals surface area contributed by atoms with Crippen LogP contribution in [0.25, 0.3) is 6.08 Å². The van der Waals surface area contributed by atoms with Gasteiger partial charge in [-0.15, -0.1) is 0 Å². The molecule has 21 heavy (non-hydrogen) atoms. The van der Waals surface area contributed by atoms with Crippen molar-refractivity contribution in [2.75, 3.05) is 6.79 Å². The second-order valence-electron chi connectivity index (χ2n) is 4.38. The number of hydrogen-bond acceptors (Lipinski definition) is 4. The fourth-order valence-corrected chi connectivity index (χ4v) is 2.31. The van der Waals surface area contributed by atoms with Gasteiger partial charge in [0.25, 0.3) is 0 Å². The van der Waals surface area contributed by atoms with Crippen LogP contribution in [0.5, 0.6) is 11.5 Å². The van der Waals surface area contributed by atoms with Crippen LogP contribution in [-0.2, 0) is 11.3 Å². The monoisotopic (exact) mass is 397 g/mol. The van der Waals surface area contributed by atoms with Crippen molar-refractivity contribution in [1.29, 1.82) is 0 Å². The summed E-state index contributed by atoms with van der Waals surface area (Å²) >= 11 is 2.07. The predicted octanol–water partition coefficient (Wildman–Crippen LogP) is 2.94. The maximum Gasteiger partial charge on any atom is 0.244 e. The lowest BCUT2D eigenvalue weighted by molar-refractivity contribution is -0.116. The van der Waals surface area contributed by atoms with E-state index in [4.69, 9.17) is 13.9 Å². The standard InChI is InChI=1S/C15H12INO4/c16-14-5-2-11(21-14)3-6-15(18)17-8-10-1-4-12-13(7-10)20-9-19-12/h1-7H,8-9H2,(H,17,18)/b6-3+. The number of hydrogen-bond donors (Lipinski definition) is 1. The van der Waals surface area contributed by atoms with Gasteiger partial charge in [-0.2, -0.15) is 0 Å². The Labute approximate surface area is 135 Å². The summed E-state index contributed by atoms with van der Waals surface area (Å²) in [6.45, 7) is 0.672. The summed E-state index contributed by atoms with van der Waals surface area (Å²) in [7, 11) is 0. The van der Waals surface area contributed by atoms with Crippen molar-refractivity contribution in [2.45, 2.75) is 6.54 Å². The van der Waals surface area contributed by atoms with Gasteiger partial charge in [-0.25, -0.2) is 0 Å². The first-order valence-corrected chi connectivity index (χ1v) is 7.38. The number of fused-ring (bicyclic) bond motifs is 1. The summed E-state index contributed by atoms with van der Waals surface area (Å²) in [6.07, 6.45) is 3.08. The first-order valence-electron chi connectivity index (χ1n) is 6.30. The highest BCUT2D eigenvalue weighted by Crippen LogP contribution is 2.32. The average Bonchev–Trinajstić information content (AvgIpc) is 3.10. The lowest BCUT2D eigenvalue weighted by Crippen LogP contribution is -2.20. The van der Waals surface area contributed by atoms with Crippen LogP contribution >= 0.6 is 22.6 Å². The van der Waals surface area contributed by atoms with Crippen LogP contribution < -0.4 is 14.8 Å². The minimum atomic E-state index is -0.181. The predicted molar refractivity (Wildman–Crippen MR) is 84.9 cm³/mol. The van der Waals surface area contributed by atoms with E-state index in [0.717, 1.165) is 15.1 Å². The number of carbonyl (C=O) groups is 1. The molecule has 2 aromatic rings. The Bertz CT molecular complexity index is 693. The number of ether oxygens (including phenoxy) is 2. The number of nitrogens with one attached hydrogen (secondary N) is 1. The topological polar surface area (TPSA) is 60.7 Å². The number of furan rings is 1. The summed E-state index contributed by atoms with van der Waals surface area (Å²) in [6, 6.07) is 9.24. The molecule has 0 saturated carbocycles. The van der Waals surface area contributed by atoms with E-state index in [1.54, 1.807) is 6.08 Å². The summed E-state index contributed by atoms with van der Waals surface area (Å²) in [5.41, 5.74) is 0.952. The van der Waals surface area contributed by atoms with Crippen molar-refractivity contribution >= 4 is 34.6 Å². The van der Waals surface area contributed by atoms with E-state index in [-0.39, 0.29) is 12.7 Å². The Kier molecular flexibility index (Phi) is 4.14. The van der Waals surface area contributed by atoms with E-state index in [0.29, 0.717) is 18.1 Å². The Morgan fingerprint density at radius 1 is 1.24 bits per heavy atom. The van der Waals surface area contributed by atoms with E-state index in [1.807, 2.05) is 30.3 Å². The third kappa shape index (κ3) is 3.57. The van der Waals surface area contributed by atoms with Gasteiger partial charge >= 0.3 is 0 Å². The molecule has 3 rings (SSSR count). The van der Waals surface area contributed by atoms with Crippen molar-refractivity contribution in [1.82, 2.24) is 5.32 Å². The molecule has 108 valence electrons. The molecule has 5 nitrogen and oxygen atoms in total. The molecule has 0 atom stereocenters. The van der Waals surface area contributed by atoms with Gasteiger partial charge in [0.2, 0.25) is 12.7 Å². The van der Waals surface area contributed by atoms with Crippen LogP contribution in [0.4, 0.5) is 0 Å². The van der Waals surface area contributed by atoms with Crippen LogP contribution in [0.2, 0.25) is 0 Å². The molecule has 6 heteroatoms. The fourth-order valence-electron chi connectivity index (χ4n) is 1.87. The molecule has 1 aliphatic heterocycles. The van der Waals surface area contributed by atoms with Crippen molar-refractivity contribution in [3.8, 4) is 11.5 Å². The van der Waals surface area contributed by atoms with Crippen LogP contribution in [0.1, 0.15) is 11.3 Å². The third-order valence-corrected chi connectivity index (χ3v) is 3.48. The van der Waals surface area contributed by atoms with Crippen molar-refractivity contribution in [3.05, 3.63) is 51.5 Å². The molecule has 1 aromatic heterocycles. The SMILES string of the molecule is O=C(/C=C/c1ccc(I)o1)NCc1ccc2c(c1)OCO2. The smallest absolute Gasteiger partial charge is 0.244 e.